The molecule has 0 aliphatic carbocycles. The van der Waals surface area contributed by atoms with Gasteiger partial charge in [0.1, 0.15) is 0 Å². The lowest BCUT2D eigenvalue weighted by Crippen LogP contribution is -2.23. The van der Waals surface area contributed by atoms with Crippen molar-refractivity contribution in [3.8, 4) is 0 Å². The van der Waals surface area contributed by atoms with Gasteiger partial charge < -0.3 is 10.7 Å². The van der Waals surface area contributed by atoms with E-state index in [-0.39, 0.29) is 5.91 Å². The molecule has 5 nitrogen and oxygen atoms in total. The molecule has 1 amide bonds. The lowest BCUT2D eigenvalue weighted by molar-refractivity contribution is 0.0950. The molecule has 19 heavy (non-hydrogen) atoms. The summed E-state index contributed by atoms with van der Waals surface area (Å²) >= 11 is 1.57. The summed E-state index contributed by atoms with van der Waals surface area (Å²) in [5.74, 6) is 5.24. The number of hydrogen-bond acceptors (Lipinski definition) is 5. The van der Waals surface area contributed by atoms with Gasteiger partial charge in [0, 0.05) is 10.9 Å². The second-order valence-corrected chi connectivity index (χ2v) is 5.28. The monoisotopic (exact) mass is 276 g/mol. The number of rotatable bonds is 4. The maximum Gasteiger partial charge on any atom is 0.251 e. The lowest BCUT2D eigenvalue weighted by Gasteiger charge is -2.08. The zero-order chi connectivity index (χ0) is 13.8. The second kappa shape index (κ2) is 5.81. The van der Waals surface area contributed by atoms with Crippen LogP contribution in [0, 0.1) is 13.8 Å². The van der Waals surface area contributed by atoms with Crippen molar-refractivity contribution in [1.29, 1.82) is 0 Å². The number of benzene rings is 1. The Hall–Kier alpha value is -1.92. The van der Waals surface area contributed by atoms with Gasteiger partial charge in [-0.1, -0.05) is 0 Å². The molecular weight excluding hydrogens is 260 g/mol. The fourth-order valence-corrected chi connectivity index (χ4v) is 2.34. The molecule has 0 spiro atoms. The topological polar surface area (TPSA) is 80.0 Å². The third-order valence-corrected chi connectivity index (χ3v) is 3.56. The molecule has 1 aromatic carbocycles. The highest BCUT2D eigenvalue weighted by Crippen LogP contribution is 2.15. The molecule has 2 aromatic rings. The van der Waals surface area contributed by atoms with E-state index in [4.69, 9.17) is 5.84 Å². The fourth-order valence-electron chi connectivity index (χ4n) is 1.73. The van der Waals surface area contributed by atoms with Gasteiger partial charge >= 0.3 is 0 Å². The first kappa shape index (κ1) is 13.5. The third kappa shape index (κ3) is 3.30. The molecule has 0 saturated heterocycles. The molecule has 4 N–H and O–H groups in total. The van der Waals surface area contributed by atoms with E-state index >= 15 is 0 Å². The SMILES string of the molecule is Cc1nc(CNC(=O)c2ccc(NN)c(C)c2)cs1. The van der Waals surface area contributed by atoms with E-state index in [1.807, 2.05) is 19.2 Å². The Morgan fingerprint density at radius 1 is 1.42 bits per heavy atom. The summed E-state index contributed by atoms with van der Waals surface area (Å²) in [7, 11) is 0. The van der Waals surface area contributed by atoms with Crippen molar-refractivity contribution >= 4 is 22.9 Å². The Morgan fingerprint density at radius 2 is 2.21 bits per heavy atom. The van der Waals surface area contributed by atoms with Crippen LogP contribution in [-0.4, -0.2) is 10.9 Å². The van der Waals surface area contributed by atoms with Crippen LogP contribution in [-0.2, 0) is 6.54 Å². The van der Waals surface area contributed by atoms with E-state index in [1.54, 1.807) is 29.5 Å². The minimum Gasteiger partial charge on any atom is -0.346 e. The summed E-state index contributed by atoms with van der Waals surface area (Å²) in [6, 6.07) is 5.33. The van der Waals surface area contributed by atoms with Crippen LogP contribution < -0.4 is 16.6 Å². The standard InChI is InChI=1S/C13H16N4OS/c1-8-5-10(3-4-12(8)17-14)13(18)15-6-11-7-19-9(2)16-11/h3-5,7,17H,6,14H2,1-2H3,(H,15,18). The number of nitrogens with two attached hydrogens (primary N) is 1. The van der Waals surface area contributed by atoms with Gasteiger partial charge in [-0.25, -0.2) is 4.98 Å². The predicted octanol–water partition coefficient (Wildman–Crippen LogP) is 1.98. The molecule has 0 unspecified atom stereocenters. The Balaban J connectivity index is 2.01. The number of amides is 1. The van der Waals surface area contributed by atoms with Gasteiger partial charge in [-0.05, 0) is 37.6 Å². The third-order valence-electron chi connectivity index (χ3n) is 2.74. The molecular formula is C13H16N4OS. The number of aromatic nitrogens is 1. The quantitative estimate of drug-likeness (QED) is 0.589. The number of carbonyl (C=O) groups is 1. The average Bonchev–Trinajstić information content (AvgIpc) is 2.81. The summed E-state index contributed by atoms with van der Waals surface area (Å²) in [4.78, 5) is 16.3. The number of hydrogen-bond donors (Lipinski definition) is 3. The number of aryl methyl sites for hydroxylation is 2. The predicted molar refractivity (Wildman–Crippen MR) is 77.0 cm³/mol. The molecule has 0 bridgehead atoms. The van der Waals surface area contributed by atoms with Crippen molar-refractivity contribution in [2.45, 2.75) is 20.4 Å². The molecule has 6 heteroatoms. The van der Waals surface area contributed by atoms with Crippen LogP contribution >= 0.6 is 11.3 Å². The van der Waals surface area contributed by atoms with Gasteiger partial charge in [-0.3, -0.25) is 10.6 Å². The molecule has 0 atom stereocenters. The van der Waals surface area contributed by atoms with E-state index in [0.717, 1.165) is 22.0 Å². The number of nitrogen functional groups attached to an aromatic ring is 1. The highest BCUT2D eigenvalue weighted by atomic mass is 32.1. The first-order chi connectivity index (χ1) is 9.10. The summed E-state index contributed by atoms with van der Waals surface area (Å²) in [5.41, 5.74) is 5.82. The van der Waals surface area contributed by atoms with E-state index in [0.29, 0.717) is 12.1 Å². The van der Waals surface area contributed by atoms with Crippen molar-refractivity contribution < 1.29 is 4.79 Å². The van der Waals surface area contributed by atoms with Crippen molar-refractivity contribution in [1.82, 2.24) is 10.3 Å². The first-order valence-corrected chi connectivity index (χ1v) is 6.74. The van der Waals surface area contributed by atoms with Crippen LogP contribution in [0.3, 0.4) is 0 Å². The minimum absolute atomic E-state index is 0.114. The Morgan fingerprint density at radius 3 is 2.79 bits per heavy atom. The largest absolute Gasteiger partial charge is 0.346 e. The maximum absolute atomic E-state index is 12.0. The number of carbonyl (C=O) groups excluding carboxylic acids is 1. The van der Waals surface area contributed by atoms with E-state index in [1.165, 1.54) is 0 Å². The molecule has 0 aliphatic heterocycles. The molecule has 0 saturated carbocycles. The molecule has 100 valence electrons. The van der Waals surface area contributed by atoms with Crippen LogP contribution in [0.15, 0.2) is 23.6 Å². The van der Waals surface area contributed by atoms with Gasteiger partial charge in [0.05, 0.1) is 22.9 Å². The average molecular weight is 276 g/mol. The summed E-state index contributed by atoms with van der Waals surface area (Å²) in [6.45, 7) is 4.28. The number of thiazole rings is 1. The van der Waals surface area contributed by atoms with Crippen LogP contribution in [0.2, 0.25) is 0 Å². The van der Waals surface area contributed by atoms with E-state index < -0.39 is 0 Å². The molecule has 0 fully saturated rings. The zero-order valence-electron chi connectivity index (χ0n) is 10.9. The number of nitrogens with zero attached hydrogens (tertiary/aromatic N) is 1. The minimum atomic E-state index is -0.114. The maximum atomic E-state index is 12.0. The molecule has 1 heterocycles. The highest BCUT2D eigenvalue weighted by Gasteiger charge is 2.08. The molecule has 0 aliphatic rings. The molecule has 1 aromatic heterocycles. The van der Waals surface area contributed by atoms with Gasteiger partial charge in [0.2, 0.25) is 0 Å². The van der Waals surface area contributed by atoms with Crippen LogP contribution in [0.4, 0.5) is 5.69 Å². The van der Waals surface area contributed by atoms with Crippen molar-refractivity contribution in [2.75, 3.05) is 5.43 Å². The Kier molecular flexibility index (Phi) is 4.13. The van der Waals surface area contributed by atoms with Crippen LogP contribution in [0.5, 0.6) is 0 Å². The van der Waals surface area contributed by atoms with E-state index in [2.05, 4.69) is 15.7 Å². The lowest BCUT2D eigenvalue weighted by atomic mass is 10.1. The van der Waals surface area contributed by atoms with Gasteiger partial charge in [0.25, 0.3) is 5.91 Å². The van der Waals surface area contributed by atoms with Crippen molar-refractivity contribution in [3.63, 3.8) is 0 Å². The van der Waals surface area contributed by atoms with Gasteiger partial charge in [0.15, 0.2) is 0 Å². The van der Waals surface area contributed by atoms with Crippen molar-refractivity contribution in [2.24, 2.45) is 5.84 Å². The number of nitrogens with one attached hydrogen (secondary N) is 2. The molecule has 0 radical (unpaired) electrons. The summed E-state index contributed by atoms with van der Waals surface area (Å²) in [6.07, 6.45) is 0. The number of hydrazine groups is 1. The highest BCUT2D eigenvalue weighted by molar-refractivity contribution is 7.09. The van der Waals surface area contributed by atoms with Crippen LogP contribution in [0.1, 0.15) is 26.6 Å². The summed E-state index contributed by atoms with van der Waals surface area (Å²) in [5, 5.41) is 5.79. The Labute approximate surface area is 115 Å². The summed E-state index contributed by atoms with van der Waals surface area (Å²) < 4.78 is 0. The number of anilines is 1. The normalized spacial score (nSPS) is 10.3. The smallest absolute Gasteiger partial charge is 0.251 e. The second-order valence-electron chi connectivity index (χ2n) is 4.21. The Bertz CT molecular complexity index is 594. The van der Waals surface area contributed by atoms with Crippen molar-refractivity contribution in [3.05, 3.63) is 45.4 Å². The zero-order valence-corrected chi connectivity index (χ0v) is 11.7. The van der Waals surface area contributed by atoms with Gasteiger partial charge in [-0.15, -0.1) is 11.3 Å². The molecule has 2 rings (SSSR count). The van der Waals surface area contributed by atoms with Gasteiger partial charge in [-0.2, -0.15) is 0 Å². The first-order valence-electron chi connectivity index (χ1n) is 5.86. The van der Waals surface area contributed by atoms with Crippen LogP contribution in [0.25, 0.3) is 0 Å². The fraction of sp³-hybridized carbons (Fsp3) is 0.231. The van der Waals surface area contributed by atoms with E-state index in [9.17, 15) is 4.79 Å².